The van der Waals surface area contributed by atoms with Gasteiger partial charge in [-0.05, 0) is 13.0 Å². The van der Waals surface area contributed by atoms with Crippen molar-refractivity contribution in [1.82, 2.24) is 10.2 Å². The van der Waals surface area contributed by atoms with Gasteiger partial charge in [-0.3, -0.25) is 5.10 Å². The smallest absolute Gasteiger partial charge is 0.356 e. The Labute approximate surface area is 75.4 Å². The second-order valence-corrected chi connectivity index (χ2v) is 2.30. The van der Waals surface area contributed by atoms with E-state index in [-0.39, 0.29) is 24.1 Å². The van der Waals surface area contributed by atoms with Crippen molar-refractivity contribution in [2.75, 3.05) is 0 Å². The lowest BCUT2D eigenvalue weighted by atomic mass is 10.2. The Hall–Kier alpha value is -1.07. The van der Waals surface area contributed by atoms with Crippen LogP contribution in [-0.4, -0.2) is 21.3 Å². The minimum atomic E-state index is -1.05. The fourth-order valence-electron chi connectivity index (χ4n) is 0.679. The number of rotatable bonds is 2. The molecule has 0 bridgehead atoms. The second kappa shape index (κ2) is 4.08. The molecule has 0 spiro atoms. The van der Waals surface area contributed by atoms with Crippen LogP contribution in [0.2, 0.25) is 0 Å². The molecule has 5 nitrogen and oxygen atoms in total. The Morgan fingerprint density at radius 2 is 2.42 bits per heavy atom. The Morgan fingerprint density at radius 3 is 2.67 bits per heavy atom. The molecule has 0 aliphatic heterocycles. The lowest BCUT2D eigenvalue weighted by Gasteiger charge is -1.96. The van der Waals surface area contributed by atoms with Gasteiger partial charge in [0, 0.05) is 6.04 Å². The van der Waals surface area contributed by atoms with E-state index in [0.717, 1.165) is 0 Å². The summed E-state index contributed by atoms with van der Waals surface area (Å²) in [6.45, 7) is 1.75. The summed E-state index contributed by atoms with van der Waals surface area (Å²) in [6, 6.07) is 1.21. The topological polar surface area (TPSA) is 92.0 Å². The summed E-state index contributed by atoms with van der Waals surface area (Å²) in [6.07, 6.45) is 0. The number of hydrogen-bond donors (Lipinski definition) is 3. The van der Waals surface area contributed by atoms with Crippen LogP contribution in [0, 0.1) is 0 Å². The number of aromatic amines is 1. The van der Waals surface area contributed by atoms with E-state index >= 15 is 0 Å². The zero-order chi connectivity index (χ0) is 8.43. The van der Waals surface area contributed by atoms with Crippen molar-refractivity contribution in [3.05, 3.63) is 17.5 Å². The third-order valence-electron chi connectivity index (χ3n) is 1.31. The maximum atomic E-state index is 10.3. The van der Waals surface area contributed by atoms with Crippen LogP contribution in [0.15, 0.2) is 6.07 Å². The van der Waals surface area contributed by atoms with Crippen molar-refractivity contribution in [2.45, 2.75) is 13.0 Å². The molecule has 1 aromatic rings. The number of hydrogen-bond acceptors (Lipinski definition) is 3. The molecule has 1 aromatic heterocycles. The van der Waals surface area contributed by atoms with Crippen LogP contribution in [0.3, 0.4) is 0 Å². The fraction of sp³-hybridized carbons (Fsp3) is 0.333. The molecule has 12 heavy (non-hydrogen) atoms. The summed E-state index contributed by atoms with van der Waals surface area (Å²) in [7, 11) is 0. The molecular weight excluding hydrogens is 182 g/mol. The second-order valence-electron chi connectivity index (χ2n) is 2.30. The van der Waals surface area contributed by atoms with E-state index in [0.29, 0.717) is 5.69 Å². The number of nitrogens with zero attached hydrogens (tertiary/aromatic N) is 1. The van der Waals surface area contributed by atoms with Gasteiger partial charge >= 0.3 is 5.97 Å². The zero-order valence-corrected chi connectivity index (χ0v) is 7.26. The Morgan fingerprint density at radius 1 is 1.83 bits per heavy atom. The third kappa shape index (κ3) is 2.21. The van der Waals surface area contributed by atoms with Crippen LogP contribution < -0.4 is 5.73 Å². The predicted octanol–water partition coefficient (Wildman–Crippen LogP) is 0.549. The lowest BCUT2D eigenvalue weighted by molar-refractivity contribution is 0.0690. The number of halogens is 1. The molecule has 6 heteroatoms. The predicted molar refractivity (Wildman–Crippen MR) is 45.4 cm³/mol. The first-order valence-corrected chi connectivity index (χ1v) is 3.15. The molecule has 0 aromatic carbocycles. The Bertz CT molecular complexity index is 272. The number of carbonyl (C=O) groups is 1. The van der Waals surface area contributed by atoms with Crippen molar-refractivity contribution in [2.24, 2.45) is 5.73 Å². The Balaban J connectivity index is 0.00000121. The van der Waals surface area contributed by atoms with E-state index in [4.69, 9.17) is 10.8 Å². The van der Waals surface area contributed by atoms with Gasteiger partial charge < -0.3 is 10.8 Å². The van der Waals surface area contributed by atoms with Gasteiger partial charge in [0.15, 0.2) is 5.69 Å². The molecule has 1 heterocycles. The lowest BCUT2D eigenvalue weighted by Crippen LogP contribution is -2.04. The summed E-state index contributed by atoms with van der Waals surface area (Å²) < 4.78 is 0. The SMILES string of the molecule is CC(N)c1cc(C(=O)O)n[nH]1.Cl. The molecule has 1 unspecified atom stereocenters. The van der Waals surface area contributed by atoms with Gasteiger partial charge in [-0.15, -0.1) is 12.4 Å². The van der Waals surface area contributed by atoms with Gasteiger partial charge in [0.2, 0.25) is 0 Å². The molecular formula is C6H10ClN3O2. The van der Waals surface area contributed by atoms with Crippen molar-refractivity contribution in [3.8, 4) is 0 Å². The minimum absolute atomic E-state index is 0. The quantitative estimate of drug-likeness (QED) is 0.637. The number of nitrogens with two attached hydrogens (primary N) is 1. The van der Waals surface area contributed by atoms with Crippen molar-refractivity contribution in [3.63, 3.8) is 0 Å². The fourth-order valence-corrected chi connectivity index (χ4v) is 0.679. The van der Waals surface area contributed by atoms with Crippen molar-refractivity contribution in [1.29, 1.82) is 0 Å². The highest BCUT2D eigenvalue weighted by Crippen LogP contribution is 2.06. The van der Waals surface area contributed by atoms with Crippen LogP contribution in [0.4, 0.5) is 0 Å². The number of carboxylic acid groups (broad SMARTS) is 1. The van der Waals surface area contributed by atoms with Gasteiger partial charge in [0.05, 0.1) is 5.69 Å². The number of nitrogens with one attached hydrogen (secondary N) is 1. The number of aromatic carboxylic acids is 1. The highest BCUT2D eigenvalue weighted by molar-refractivity contribution is 5.85. The van der Waals surface area contributed by atoms with E-state index in [2.05, 4.69) is 10.2 Å². The summed E-state index contributed by atoms with van der Waals surface area (Å²) in [5.74, 6) is -1.05. The zero-order valence-electron chi connectivity index (χ0n) is 6.44. The molecule has 0 saturated heterocycles. The maximum absolute atomic E-state index is 10.3. The number of H-pyrrole nitrogens is 1. The van der Waals surface area contributed by atoms with Crippen LogP contribution in [-0.2, 0) is 0 Å². The van der Waals surface area contributed by atoms with E-state index in [1.807, 2.05) is 0 Å². The normalized spacial score (nSPS) is 11.8. The van der Waals surface area contributed by atoms with E-state index in [1.165, 1.54) is 6.07 Å². The van der Waals surface area contributed by atoms with Gasteiger partial charge in [-0.1, -0.05) is 0 Å². The highest BCUT2D eigenvalue weighted by Gasteiger charge is 2.09. The first-order chi connectivity index (χ1) is 5.11. The van der Waals surface area contributed by atoms with Crippen LogP contribution in [0.25, 0.3) is 0 Å². The standard InChI is InChI=1S/C6H9N3O2.ClH/c1-3(7)4-2-5(6(10)11)9-8-4;/h2-3H,7H2,1H3,(H,8,9)(H,10,11);1H. The van der Waals surface area contributed by atoms with Gasteiger partial charge in [0.25, 0.3) is 0 Å². The minimum Gasteiger partial charge on any atom is -0.476 e. The molecule has 0 saturated carbocycles. The molecule has 0 radical (unpaired) electrons. The molecule has 0 aliphatic rings. The monoisotopic (exact) mass is 191 g/mol. The summed E-state index contributed by atoms with van der Waals surface area (Å²) in [5.41, 5.74) is 6.09. The summed E-state index contributed by atoms with van der Waals surface area (Å²) in [5, 5.41) is 14.5. The summed E-state index contributed by atoms with van der Waals surface area (Å²) >= 11 is 0. The Kier molecular flexibility index (Phi) is 3.72. The molecule has 0 amide bonds. The average molecular weight is 192 g/mol. The largest absolute Gasteiger partial charge is 0.476 e. The van der Waals surface area contributed by atoms with Crippen LogP contribution >= 0.6 is 12.4 Å². The number of carboxylic acids is 1. The first-order valence-electron chi connectivity index (χ1n) is 3.15. The third-order valence-corrected chi connectivity index (χ3v) is 1.31. The van der Waals surface area contributed by atoms with Gasteiger partial charge in [-0.25, -0.2) is 4.79 Å². The molecule has 68 valence electrons. The molecule has 1 rings (SSSR count). The van der Waals surface area contributed by atoms with Gasteiger partial charge in [0.1, 0.15) is 0 Å². The highest BCUT2D eigenvalue weighted by atomic mass is 35.5. The molecule has 0 fully saturated rings. The van der Waals surface area contributed by atoms with E-state index < -0.39 is 5.97 Å². The molecule has 4 N–H and O–H groups in total. The van der Waals surface area contributed by atoms with Crippen molar-refractivity contribution < 1.29 is 9.90 Å². The van der Waals surface area contributed by atoms with E-state index in [9.17, 15) is 4.79 Å². The molecule has 0 aliphatic carbocycles. The maximum Gasteiger partial charge on any atom is 0.356 e. The van der Waals surface area contributed by atoms with Crippen LogP contribution in [0.5, 0.6) is 0 Å². The molecule has 1 atom stereocenters. The first kappa shape index (κ1) is 10.9. The number of aromatic nitrogens is 2. The van der Waals surface area contributed by atoms with Crippen molar-refractivity contribution >= 4 is 18.4 Å². The van der Waals surface area contributed by atoms with Gasteiger partial charge in [-0.2, -0.15) is 5.10 Å². The van der Waals surface area contributed by atoms with Crippen LogP contribution in [0.1, 0.15) is 29.1 Å². The summed E-state index contributed by atoms with van der Waals surface area (Å²) in [4.78, 5) is 10.3. The van der Waals surface area contributed by atoms with E-state index in [1.54, 1.807) is 6.92 Å². The average Bonchev–Trinajstić information content (AvgIpc) is 2.33.